The Bertz CT molecular complexity index is 1320. The Hall–Kier alpha value is -2.91. The maximum atomic E-state index is 12.2. The van der Waals surface area contributed by atoms with Crippen LogP contribution in [0.15, 0.2) is 36.8 Å². The molecule has 0 aromatic carbocycles. The van der Waals surface area contributed by atoms with Crippen molar-refractivity contribution in [1.82, 2.24) is 19.7 Å². The third kappa shape index (κ3) is 4.60. The Morgan fingerprint density at radius 1 is 1.12 bits per heavy atom. The van der Waals surface area contributed by atoms with Gasteiger partial charge in [0.15, 0.2) is 0 Å². The molecule has 4 rings (SSSR count). The number of hydrogen-bond acceptors (Lipinski definition) is 6. The summed E-state index contributed by atoms with van der Waals surface area (Å²) in [6.45, 7) is 5.75. The molecule has 0 aliphatic heterocycles. The number of pyridine rings is 3. The molecule has 3 aromatic rings. The van der Waals surface area contributed by atoms with Crippen LogP contribution in [0.4, 0.5) is 0 Å². The third-order valence-corrected chi connectivity index (χ3v) is 7.87. The van der Waals surface area contributed by atoms with Gasteiger partial charge in [-0.05, 0) is 56.4 Å². The van der Waals surface area contributed by atoms with E-state index in [1.807, 2.05) is 39.0 Å². The van der Waals surface area contributed by atoms with E-state index in [1.54, 1.807) is 18.6 Å². The number of primary amides is 1. The lowest BCUT2D eigenvalue weighted by molar-refractivity contribution is -0.120. The van der Waals surface area contributed by atoms with Crippen LogP contribution in [0, 0.1) is 6.92 Å². The molecule has 1 saturated carbocycles. The van der Waals surface area contributed by atoms with Crippen LogP contribution in [-0.4, -0.2) is 35.0 Å². The number of rotatable bonds is 9. The van der Waals surface area contributed by atoms with Gasteiger partial charge in [-0.1, -0.05) is 13.8 Å². The van der Waals surface area contributed by atoms with Gasteiger partial charge in [-0.25, -0.2) is 13.1 Å². The first-order valence-corrected chi connectivity index (χ1v) is 12.9. The van der Waals surface area contributed by atoms with Gasteiger partial charge < -0.3 is 5.73 Å². The van der Waals surface area contributed by atoms with Crippen LogP contribution in [0.3, 0.4) is 0 Å². The fourth-order valence-electron chi connectivity index (χ4n) is 4.15. The standard InChI is InChI=1S/C24H29N5O3S/c1-4-8-33(31,32)29-19(5-2)21-9-15(3)18(14-27-21)16-10-17-13-28-22(11-20(17)26-12-16)24(6-7-24)23(25)30/h9-14,19,29H,4-8H2,1-3H3,(H2,25,30)/t19-/m1/s1. The summed E-state index contributed by atoms with van der Waals surface area (Å²) in [5.74, 6) is -0.241. The molecule has 1 atom stereocenters. The van der Waals surface area contributed by atoms with Crippen LogP contribution in [0.2, 0.25) is 0 Å². The predicted molar refractivity (Wildman–Crippen MR) is 128 cm³/mol. The molecule has 1 amide bonds. The molecule has 0 bridgehead atoms. The Morgan fingerprint density at radius 3 is 2.48 bits per heavy atom. The third-order valence-electron chi connectivity index (χ3n) is 6.28. The average molecular weight is 468 g/mol. The van der Waals surface area contributed by atoms with E-state index in [4.69, 9.17) is 5.73 Å². The van der Waals surface area contributed by atoms with E-state index in [2.05, 4.69) is 19.7 Å². The molecule has 174 valence electrons. The number of aromatic nitrogens is 3. The molecule has 3 heterocycles. The Morgan fingerprint density at radius 2 is 1.88 bits per heavy atom. The maximum absolute atomic E-state index is 12.2. The molecule has 3 aromatic heterocycles. The highest BCUT2D eigenvalue weighted by Gasteiger charge is 2.51. The van der Waals surface area contributed by atoms with Crippen LogP contribution in [0.25, 0.3) is 22.0 Å². The van der Waals surface area contributed by atoms with Crippen molar-refractivity contribution in [2.45, 2.75) is 57.9 Å². The minimum Gasteiger partial charge on any atom is -0.369 e. The van der Waals surface area contributed by atoms with Crippen molar-refractivity contribution in [3.05, 3.63) is 53.7 Å². The van der Waals surface area contributed by atoms with Crippen molar-refractivity contribution in [2.75, 3.05) is 5.75 Å². The number of carbonyl (C=O) groups is 1. The number of nitrogens with one attached hydrogen (secondary N) is 1. The van der Waals surface area contributed by atoms with Gasteiger partial charge in [0.05, 0.1) is 34.1 Å². The van der Waals surface area contributed by atoms with E-state index < -0.39 is 15.4 Å². The number of carbonyl (C=O) groups excluding carboxylic acids is 1. The van der Waals surface area contributed by atoms with E-state index in [-0.39, 0.29) is 17.7 Å². The monoisotopic (exact) mass is 467 g/mol. The van der Waals surface area contributed by atoms with E-state index >= 15 is 0 Å². The summed E-state index contributed by atoms with van der Waals surface area (Å²) in [6, 6.07) is 5.40. The topological polar surface area (TPSA) is 128 Å². The number of amides is 1. The second-order valence-corrected chi connectivity index (χ2v) is 10.6. The Balaban J connectivity index is 1.62. The summed E-state index contributed by atoms with van der Waals surface area (Å²) in [7, 11) is -3.34. The summed E-state index contributed by atoms with van der Waals surface area (Å²) in [5.41, 5.74) is 9.85. The number of nitrogens with zero attached hydrogens (tertiary/aromatic N) is 3. The molecule has 9 heteroatoms. The van der Waals surface area contributed by atoms with Gasteiger partial charge >= 0.3 is 0 Å². The average Bonchev–Trinajstić information content (AvgIpc) is 3.59. The van der Waals surface area contributed by atoms with Crippen LogP contribution < -0.4 is 10.5 Å². The minimum absolute atomic E-state index is 0.0969. The molecule has 1 fully saturated rings. The van der Waals surface area contributed by atoms with E-state index in [1.165, 1.54) is 0 Å². The second-order valence-electron chi connectivity index (χ2n) is 8.75. The summed E-state index contributed by atoms with van der Waals surface area (Å²) < 4.78 is 27.2. The summed E-state index contributed by atoms with van der Waals surface area (Å²) >= 11 is 0. The number of hydrogen-bond donors (Lipinski definition) is 2. The fourth-order valence-corrected chi connectivity index (χ4v) is 5.53. The minimum atomic E-state index is -3.34. The molecule has 1 aliphatic rings. The lowest BCUT2D eigenvalue weighted by atomic mass is 9.98. The van der Waals surface area contributed by atoms with Crippen molar-refractivity contribution >= 4 is 26.8 Å². The molecule has 1 aliphatic carbocycles. The zero-order chi connectivity index (χ0) is 23.8. The van der Waals surface area contributed by atoms with E-state index in [9.17, 15) is 13.2 Å². The van der Waals surface area contributed by atoms with Crippen molar-refractivity contribution in [3.8, 4) is 11.1 Å². The molecule has 33 heavy (non-hydrogen) atoms. The largest absolute Gasteiger partial charge is 0.369 e. The van der Waals surface area contributed by atoms with Crippen LogP contribution in [0.1, 0.15) is 62.5 Å². The van der Waals surface area contributed by atoms with Crippen LogP contribution in [0.5, 0.6) is 0 Å². The van der Waals surface area contributed by atoms with Gasteiger partial charge in [-0.15, -0.1) is 0 Å². The summed E-state index contributed by atoms with van der Waals surface area (Å²) in [5, 5.41) is 0.860. The number of nitrogens with two attached hydrogens (primary N) is 1. The summed E-state index contributed by atoms with van der Waals surface area (Å²) in [4.78, 5) is 25.5. The number of fused-ring (bicyclic) bond motifs is 1. The smallest absolute Gasteiger partial charge is 0.229 e. The van der Waals surface area contributed by atoms with E-state index in [0.717, 1.165) is 40.4 Å². The van der Waals surface area contributed by atoms with Gasteiger partial charge in [0, 0.05) is 35.1 Å². The van der Waals surface area contributed by atoms with Gasteiger partial charge in [0.25, 0.3) is 0 Å². The van der Waals surface area contributed by atoms with E-state index in [0.29, 0.717) is 24.2 Å². The zero-order valence-corrected chi connectivity index (χ0v) is 19.9. The predicted octanol–water partition coefficient (Wildman–Crippen LogP) is 3.30. The highest BCUT2D eigenvalue weighted by molar-refractivity contribution is 7.89. The second kappa shape index (κ2) is 8.79. The first-order chi connectivity index (χ1) is 15.7. The van der Waals surface area contributed by atoms with Crippen LogP contribution in [-0.2, 0) is 20.2 Å². The van der Waals surface area contributed by atoms with Crippen molar-refractivity contribution in [1.29, 1.82) is 0 Å². The van der Waals surface area contributed by atoms with Gasteiger partial charge in [-0.2, -0.15) is 0 Å². The number of aryl methyl sites for hydroxylation is 1. The number of sulfonamides is 1. The highest BCUT2D eigenvalue weighted by Crippen LogP contribution is 2.47. The fraction of sp³-hybridized carbons (Fsp3) is 0.417. The van der Waals surface area contributed by atoms with Gasteiger partial charge in [-0.3, -0.25) is 19.7 Å². The molecular weight excluding hydrogens is 438 g/mol. The SMILES string of the molecule is CCCS(=O)(=O)N[C@H](CC)c1cc(C)c(-c2cnc3cc(C4(C(N)=O)CC4)ncc3c2)cn1. The molecule has 3 N–H and O–H groups in total. The Kier molecular flexibility index (Phi) is 6.20. The molecule has 8 nitrogen and oxygen atoms in total. The lowest BCUT2D eigenvalue weighted by Crippen LogP contribution is -2.30. The summed E-state index contributed by atoms with van der Waals surface area (Å²) in [6.07, 6.45) is 7.89. The van der Waals surface area contributed by atoms with Gasteiger partial charge in [0.1, 0.15) is 0 Å². The highest BCUT2D eigenvalue weighted by atomic mass is 32.2. The van der Waals surface area contributed by atoms with Gasteiger partial charge in [0.2, 0.25) is 15.9 Å². The lowest BCUT2D eigenvalue weighted by Gasteiger charge is -2.18. The molecule has 0 unspecified atom stereocenters. The molecule has 0 spiro atoms. The maximum Gasteiger partial charge on any atom is 0.229 e. The Labute approximate surface area is 194 Å². The van der Waals surface area contributed by atoms with Crippen molar-refractivity contribution in [2.24, 2.45) is 5.73 Å². The van der Waals surface area contributed by atoms with Crippen molar-refractivity contribution in [3.63, 3.8) is 0 Å². The molecule has 0 radical (unpaired) electrons. The molecular formula is C24H29N5O3S. The first-order valence-electron chi connectivity index (χ1n) is 11.2. The quantitative estimate of drug-likeness (QED) is 0.497. The molecule has 0 saturated heterocycles. The van der Waals surface area contributed by atoms with Crippen molar-refractivity contribution < 1.29 is 13.2 Å². The van der Waals surface area contributed by atoms with Crippen LogP contribution >= 0.6 is 0 Å². The zero-order valence-electron chi connectivity index (χ0n) is 19.1. The normalized spacial score (nSPS) is 16.0. The first kappa shape index (κ1) is 23.3.